The van der Waals surface area contributed by atoms with Gasteiger partial charge in [-0.2, -0.15) is 0 Å². The second kappa shape index (κ2) is 4.58. The fraction of sp³-hybridized carbons (Fsp3) is 0.455. The second-order valence-corrected chi connectivity index (χ2v) is 3.75. The van der Waals surface area contributed by atoms with E-state index >= 15 is 0 Å². The topological polar surface area (TPSA) is 89.0 Å². The molecule has 0 saturated carbocycles. The van der Waals surface area contributed by atoms with Gasteiger partial charge < -0.3 is 30.4 Å². The summed E-state index contributed by atoms with van der Waals surface area (Å²) in [6, 6.07) is 1.62. The molecule has 1 aromatic rings. The van der Waals surface area contributed by atoms with Crippen molar-refractivity contribution in [2.75, 3.05) is 38.9 Å². The van der Waals surface area contributed by atoms with Crippen molar-refractivity contribution in [3.63, 3.8) is 0 Å². The lowest BCUT2D eigenvalue weighted by atomic mass is 10.2. The van der Waals surface area contributed by atoms with Gasteiger partial charge >= 0.3 is 0 Å². The summed E-state index contributed by atoms with van der Waals surface area (Å²) in [6.45, 7) is 0.808. The van der Waals surface area contributed by atoms with E-state index < -0.39 is 0 Å². The van der Waals surface area contributed by atoms with Crippen molar-refractivity contribution in [3.8, 4) is 17.2 Å². The molecule has 6 heteroatoms. The van der Waals surface area contributed by atoms with Gasteiger partial charge in [-0.25, -0.2) is 0 Å². The molecule has 0 bridgehead atoms. The molecule has 6 nitrogen and oxygen atoms in total. The lowest BCUT2D eigenvalue weighted by molar-refractivity contribution is 0.0282. The van der Waals surface area contributed by atoms with Crippen LogP contribution in [0.25, 0.3) is 0 Å². The number of hydrogen-bond acceptors (Lipinski definition) is 6. The first kappa shape index (κ1) is 11.7. The van der Waals surface area contributed by atoms with Gasteiger partial charge in [0.15, 0.2) is 17.6 Å². The van der Waals surface area contributed by atoms with Crippen molar-refractivity contribution < 1.29 is 18.9 Å². The Morgan fingerprint density at radius 2 is 2.12 bits per heavy atom. The largest absolute Gasteiger partial charge is 0.494 e. The maximum Gasteiger partial charge on any atom is 0.190 e. The van der Waals surface area contributed by atoms with Gasteiger partial charge in [0.2, 0.25) is 0 Å². The zero-order valence-electron chi connectivity index (χ0n) is 9.86. The van der Waals surface area contributed by atoms with E-state index in [9.17, 15) is 0 Å². The highest BCUT2D eigenvalue weighted by atomic mass is 16.6. The molecule has 1 heterocycles. The maximum absolute atomic E-state index is 5.89. The summed E-state index contributed by atoms with van der Waals surface area (Å²) < 4.78 is 21.3. The number of nitrogen functional groups attached to an aromatic ring is 2. The number of fused-ring (bicyclic) bond motifs is 1. The molecule has 0 aliphatic carbocycles. The molecule has 0 spiro atoms. The monoisotopic (exact) mass is 240 g/mol. The van der Waals surface area contributed by atoms with Crippen molar-refractivity contribution in [2.24, 2.45) is 0 Å². The molecule has 1 aliphatic heterocycles. The third-order valence-corrected chi connectivity index (χ3v) is 2.54. The fourth-order valence-electron chi connectivity index (χ4n) is 1.73. The van der Waals surface area contributed by atoms with E-state index in [2.05, 4.69) is 0 Å². The number of nitrogens with two attached hydrogens (primary N) is 2. The van der Waals surface area contributed by atoms with E-state index in [0.717, 1.165) is 0 Å². The number of rotatable bonds is 3. The van der Waals surface area contributed by atoms with Crippen LogP contribution in [0.4, 0.5) is 11.4 Å². The zero-order chi connectivity index (χ0) is 12.4. The van der Waals surface area contributed by atoms with Gasteiger partial charge in [-0.05, 0) is 0 Å². The van der Waals surface area contributed by atoms with Crippen molar-refractivity contribution in [1.29, 1.82) is 0 Å². The Bertz CT molecular complexity index is 422. The van der Waals surface area contributed by atoms with Crippen molar-refractivity contribution in [2.45, 2.75) is 6.10 Å². The number of hydrogen-bond donors (Lipinski definition) is 2. The predicted molar refractivity (Wildman–Crippen MR) is 63.6 cm³/mol. The highest BCUT2D eigenvalue weighted by Crippen LogP contribution is 2.46. The Balaban J connectivity index is 2.36. The molecule has 2 rings (SSSR count). The van der Waals surface area contributed by atoms with E-state index in [1.807, 2.05) is 0 Å². The van der Waals surface area contributed by atoms with Gasteiger partial charge in [0, 0.05) is 13.2 Å². The van der Waals surface area contributed by atoms with Crippen LogP contribution in [0, 0.1) is 0 Å². The summed E-state index contributed by atoms with van der Waals surface area (Å²) in [5.74, 6) is 1.38. The standard InChI is InChI=1S/C11H16N2O4/c1-14-4-6-5-16-11-9(13)8(15-2)3-7(12)10(11)17-6/h3,6H,4-5,12-13H2,1-2H3. The molecule has 1 unspecified atom stereocenters. The molecule has 0 amide bonds. The number of ether oxygens (including phenoxy) is 4. The van der Waals surface area contributed by atoms with Crippen LogP contribution in [0.2, 0.25) is 0 Å². The summed E-state index contributed by atoms with van der Waals surface area (Å²) in [5, 5.41) is 0. The summed E-state index contributed by atoms with van der Waals surface area (Å²) in [6.07, 6.45) is -0.178. The number of methoxy groups -OCH3 is 2. The van der Waals surface area contributed by atoms with Crippen LogP contribution >= 0.6 is 0 Å². The Morgan fingerprint density at radius 3 is 2.76 bits per heavy atom. The molecular weight excluding hydrogens is 224 g/mol. The Kier molecular flexibility index (Phi) is 3.14. The quantitative estimate of drug-likeness (QED) is 0.754. The van der Waals surface area contributed by atoms with Gasteiger partial charge in [0.1, 0.15) is 18.0 Å². The van der Waals surface area contributed by atoms with E-state index in [-0.39, 0.29) is 6.10 Å². The molecule has 0 aromatic heterocycles. The van der Waals surface area contributed by atoms with Gasteiger partial charge in [0.25, 0.3) is 0 Å². The highest BCUT2D eigenvalue weighted by Gasteiger charge is 2.27. The van der Waals surface area contributed by atoms with Crippen LogP contribution in [0.5, 0.6) is 17.2 Å². The van der Waals surface area contributed by atoms with E-state index in [0.29, 0.717) is 41.8 Å². The zero-order valence-corrected chi connectivity index (χ0v) is 9.86. The molecule has 1 aromatic carbocycles. The van der Waals surface area contributed by atoms with Crippen LogP contribution in [-0.2, 0) is 4.74 Å². The third-order valence-electron chi connectivity index (χ3n) is 2.54. The minimum absolute atomic E-state index is 0.178. The van der Waals surface area contributed by atoms with E-state index in [4.69, 9.17) is 30.4 Å². The molecule has 0 fully saturated rings. The fourth-order valence-corrected chi connectivity index (χ4v) is 1.73. The molecule has 17 heavy (non-hydrogen) atoms. The van der Waals surface area contributed by atoms with E-state index in [1.165, 1.54) is 7.11 Å². The maximum atomic E-state index is 5.89. The lowest BCUT2D eigenvalue weighted by Gasteiger charge is -2.28. The predicted octanol–water partition coefficient (Wildman–Crippen LogP) is 0.646. The van der Waals surface area contributed by atoms with Crippen LogP contribution in [0.1, 0.15) is 0 Å². The minimum Gasteiger partial charge on any atom is -0.494 e. The van der Waals surface area contributed by atoms with Crippen molar-refractivity contribution >= 4 is 11.4 Å². The molecule has 1 aliphatic rings. The smallest absolute Gasteiger partial charge is 0.190 e. The first-order valence-electron chi connectivity index (χ1n) is 5.21. The Labute approximate surface area is 99.4 Å². The number of anilines is 2. The van der Waals surface area contributed by atoms with Gasteiger partial charge in [-0.3, -0.25) is 0 Å². The Morgan fingerprint density at radius 1 is 1.35 bits per heavy atom. The minimum atomic E-state index is -0.178. The molecule has 4 N–H and O–H groups in total. The van der Waals surface area contributed by atoms with Gasteiger partial charge in [-0.1, -0.05) is 0 Å². The van der Waals surface area contributed by atoms with E-state index in [1.54, 1.807) is 13.2 Å². The summed E-state index contributed by atoms with van der Waals surface area (Å²) in [4.78, 5) is 0. The first-order valence-corrected chi connectivity index (χ1v) is 5.21. The summed E-state index contributed by atoms with van der Waals surface area (Å²) in [7, 11) is 3.12. The third kappa shape index (κ3) is 2.03. The van der Waals surface area contributed by atoms with Crippen LogP contribution < -0.4 is 25.7 Å². The van der Waals surface area contributed by atoms with Crippen LogP contribution in [-0.4, -0.2) is 33.5 Å². The number of benzene rings is 1. The van der Waals surface area contributed by atoms with Crippen LogP contribution in [0.3, 0.4) is 0 Å². The average Bonchev–Trinajstić information content (AvgIpc) is 2.34. The molecule has 0 saturated heterocycles. The molecule has 0 radical (unpaired) electrons. The summed E-state index contributed by atoms with van der Waals surface area (Å²) in [5.41, 5.74) is 12.6. The lowest BCUT2D eigenvalue weighted by Crippen LogP contribution is -2.33. The van der Waals surface area contributed by atoms with Gasteiger partial charge in [-0.15, -0.1) is 0 Å². The Hall–Kier alpha value is -1.82. The van der Waals surface area contributed by atoms with Crippen molar-refractivity contribution in [1.82, 2.24) is 0 Å². The van der Waals surface area contributed by atoms with Crippen LogP contribution in [0.15, 0.2) is 6.07 Å². The highest BCUT2D eigenvalue weighted by molar-refractivity contribution is 5.77. The summed E-state index contributed by atoms with van der Waals surface area (Å²) >= 11 is 0. The normalized spacial score (nSPS) is 17.9. The SMILES string of the molecule is COCC1COc2c(N)c(OC)cc(N)c2O1. The van der Waals surface area contributed by atoms with Crippen molar-refractivity contribution in [3.05, 3.63) is 6.07 Å². The average molecular weight is 240 g/mol. The molecular formula is C11H16N2O4. The molecule has 1 atom stereocenters. The molecule has 94 valence electrons. The second-order valence-electron chi connectivity index (χ2n) is 3.75. The first-order chi connectivity index (χ1) is 8.17. The van der Waals surface area contributed by atoms with Gasteiger partial charge in [0.05, 0.1) is 19.4 Å².